The molecular formula is C15H22N2O2. The summed E-state index contributed by atoms with van der Waals surface area (Å²) in [6, 6.07) is 3.31. The molecule has 1 saturated heterocycles. The Hall–Kier alpha value is -1.58. The zero-order valence-corrected chi connectivity index (χ0v) is 11.7. The molecule has 1 aromatic rings. The maximum atomic E-state index is 11.2. The van der Waals surface area contributed by atoms with E-state index in [-0.39, 0.29) is 0 Å². The predicted molar refractivity (Wildman–Crippen MR) is 75.7 cm³/mol. The Morgan fingerprint density at radius 3 is 2.53 bits per heavy atom. The first-order valence-corrected chi connectivity index (χ1v) is 7.05. The monoisotopic (exact) mass is 262 g/mol. The number of pyridine rings is 1. The van der Waals surface area contributed by atoms with Gasteiger partial charge < -0.3 is 10.0 Å². The Morgan fingerprint density at radius 1 is 1.37 bits per heavy atom. The second-order valence-corrected chi connectivity index (χ2v) is 5.37. The average Bonchev–Trinajstić information content (AvgIpc) is 2.47. The fourth-order valence-corrected chi connectivity index (χ4v) is 2.97. The molecule has 19 heavy (non-hydrogen) atoms. The zero-order valence-electron chi connectivity index (χ0n) is 11.7. The van der Waals surface area contributed by atoms with E-state index < -0.39 is 5.97 Å². The highest BCUT2D eigenvalue weighted by atomic mass is 16.4. The third-order valence-corrected chi connectivity index (χ3v) is 4.64. The van der Waals surface area contributed by atoms with E-state index >= 15 is 0 Å². The predicted octanol–water partition coefficient (Wildman–Crippen LogP) is 3.19. The first-order valence-electron chi connectivity index (χ1n) is 7.05. The van der Waals surface area contributed by atoms with Gasteiger partial charge in [-0.05, 0) is 30.4 Å². The van der Waals surface area contributed by atoms with Crippen LogP contribution in [0.25, 0.3) is 0 Å². The summed E-state index contributed by atoms with van der Waals surface area (Å²) in [6.45, 7) is 6.31. The second kappa shape index (κ2) is 5.59. The molecule has 104 valence electrons. The molecule has 0 saturated carbocycles. The van der Waals surface area contributed by atoms with E-state index in [1.807, 2.05) is 0 Å². The van der Waals surface area contributed by atoms with Crippen molar-refractivity contribution in [2.75, 3.05) is 18.0 Å². The van der Waals surface area contributed by atoms with Crippen LogP contribution in [-0.4, -0.2) is 29.1 Å². The van der Waals surface area contributed by atoms with Gasteiger partial charge in [-0.15, -0.1) is 0 Å². The largest absolute Gasteiger partial charge is 0.478 e. The zero-order chi connectivity index (χ0) is 13.9. The van der Waals surface area contributed by atoms with Gasteiger partial charge in [0.2, 0.25) is 0 Å². The Balaban J connectivity index is 2.16. The van der Waals surface area contributed by atoms with Crippen molar-refractivity contribution in [3.63, 3.8) is 0 Å². The highest BCUT2D eigenvalue weighted by Crippen LogP contribution is 2.39. The average molecular weight is 262 g/mol. The summed E-state index contributed by atoms with van der Waals surface area (Å²) < 4.78 is 0. The lowest BCUT2D eigenvalue weighted by atomic mass is 9.74. The van der Waals surface area contributed by atoms with Crippen LogP contribution in [0.1, 0.15) is 49.9 Å². The molecule has 0 aromatic carbocycles. The van der Waals surface area contributed by atoms with Crippen molar-refractivity contribution in [1.82, 2.24) is 4.98 Å². The van der Waals surface area contributed by atoms with Crippen LogP contribution >= 0.6 is 0 Å². The van der Waals surface area contributed by atoms with E-state index in [9.17, 15) is 9.90 Å². The van der Waals surface area contributed by atoms with Gasteiger partial charge in [-0.2, -0.15) is 0 Å². The Kier molecular flexibility index (Phi) is 4.08. The lowest BCUT2D eigenvalue weighted by Crippen LogP contribution is -2.40. The summed E-state index contributed by atoms with van der Waals surface area (Å²) in [5, 5.41) is 9.22. The molecule has 1 aliphatic heterocycles. The summed E-state index contributed by atoms with van der Waals surface area (Å²) in [5.74, 6) is -0.276. The molecule has 1 aliphatic rings. The molecule has 2 heterocycles. The van der Waals surface area contributed by atoms with Gasteiger partial charge in [-0.1, -0.05) is 26.7 Å². The summed E-state index contributed by atoms with van der Waals surface area (Å²) in [4.78, 5) is 17.6. The fourth-order valence-electron chi connectivity index (χ4n) is 2.97. The maximum Gasteiger partial charge on any atom is 0.339 e. The number of piperidine rings is 1. The van der Waals surface area contributed by atoms with Crippen LogP contribution < -0.4 is 4.90 Å². The molecule has 0 aliphatic carbocycles. The van der Waals surface area contributed by atoms with Crippen LogP contribution in [0.5, 0.6) is 0 Å². The molecule has 0 radical (unpaired) electrons. The molecule has 4 nitrogen and oxygen atoms in total. The van der Waals surface area contributed by atoms with Crippen molar-refractivity contribution >= 4 is 11.8 Å². The van der Waals surface area contributed by atoms with Crippen molar-refractivity contribution in [3.05, 3.63) is 23.9 Å². The number of nitrogens with zero attached hydrogens (tertiary/aromatic N) is 2. The molecular weight excluding hydrogens is 240 g/mol. The van der Waals surface area contributed by atoms with E-state index in [0.717, 1.165) is 25.9 Å². The van der Waals surface area contributed by atoms with E-state index in [1.54, 1.807) is 18.3 Å². The molecule has 0 atom stereocenters. The molecule has 1 N–H and O–H groups in total. The molecule has 0 bridgehead atoms. The SMILES string of the molecule is CCC1(CC)CCN(c2ncccc2C(=O)O)CC1. The van der Waals surface area contributed by atoms with Crippen LogP contribution in [0.2, 0.25) is 0 Å². The molecule has 0 spiro atoms. The standard InChI is InChI=1S/C15H22N2O2/c1-3-15(4-2)7-10-17(11-8-15)13-12(14(18)19)6-5-9-16-13/h5-6,9H,3-4,7-8,10-11H2,1-2H3,(H,18,19). The van der Waals surface area contributed by atoms with Crippen molar-refractivity contribution < 1.29 is 9.90 Å². The van der Waals surface area contributed by atoms with E-state index in [0.29, 0.717) is 16.8 Å². The van der Waals surface area contributed by atoms with Gasteiger partial charge >= 0.3 is 5.97 Å². The number of aromatic carboxylic acids is 1. The van der Waals surface area contributed by atoms with Gasteiger partial charge in [0.15, 0.2) is 0 Å². The van der Waals surface area contributed by atoms with Crippen LogP contribution in [0.4, 0.5) is 5.82 Å². The number of rotatable bonds is 4. The van der Waals surface area contributed by atoms with Gasteiger partial charge in [-0.3, -0.25) is 0 Å². The normalized spacial score (nSPS) is 18.3. The number of hydrogen-bond acceptors (Lipinski definition) is 3. The van der Waals surface area contributed by atoms with Crippen molar-refractivity contribution in [3.8, 4) is 0 Å². The van der Waals surface area contributed by atoms with E-state index in [2.05, 4.69) is 23.7 Å². The molecule has 0 unspecified atom stereocenters. The number of aromatic nitrogens is 1. The number of carbonyl (C=O) groups is 1. The van der Waals surface area contributed by atoms with Gasteiger partial charge in [0.05, 0.1) is 0 Å². The van der Waals surface area contributed by atoms with Gasteiger partial charge in [0.25, 0.3) is 0 Å². The van der Waals surface area contributed by atoms with E-state index in [1.165, 1.54) is 12.8 Å². The molecule has 2 rings (SSSR count). The minimum Gasteiger partial charge on any atom is -0.478 e. The van der Waals surface area contributed by atoms with Gasteiger partial charge in [0.1, 0.15) is 11.4 Å². The van der Waals surface area contributed by atoms with Gasteiger partial charge in [0, 0.05) is 19.3 Å². The highest BCUT2D eigenvalue weighted by Gasteiger charge is 2.32. The smallest absolute Gasteiger partial charge is 0.339 e. The molecule has 0 amide bonds. The Labute approximate surface area is 114 Å². The van der Waals surface area contributed by atoms with Gasteiger partial charge in [-0.25, -0.2) is 9.78 Å². The molecule has 4 heteroatoms. The first kappa shape index (κ1) is 13.8. The highest BCUT2D eigenvalue weighted by molar-refractivity contribution is 5.93. The number of carboxylic acid groups (broad SMARTS) is 1. The number of hydrogen-bond donors (Lipinski definition) is 1. The van der Waals surface area contributed by atoms with Crippen molar-refractivity contribution in [1.29, 1.82) is 0 Å². The van der Waals surface area contributed by atoms with Crippen LogP contribution in [0.3, 0.4) is 0 Å². The minimum atomic E-state index is -0.897. The van der Waals surface area contributed by atoms with Crippen LogP contribution in [-0.2, 0) is 0 Å². The lowest BCUT2D eigenvalue weighted by molar-refractivity contribution is 0.0697. The van der Waals surface area contributed by atoms with Crippen LogP contribution in [0.15, 0.2) is 18.3 Å². The summed E-state index contributed by atoms with van der Waals surface area (Å²) in [5.41, 5.74) is 0.747. The fraction of sp³-hybridized carbons (Fsp3) is 0.600. The summed E-state index contributed by atoms with van der Waals surface area (Å²) in [6.07, 6.45) is 6.31. The van der Waals surface area contributed by atoms with Crippen LogP contribution in [0, 0.1) is 5.41 Å². The molecule has 1 aromatic heterocycles. The Morgan fingerprint density at radius 2 is 2.00 bits per heavy atom. The second-order valence-electron chi connectivity index (χ2n) is 5.37. The quantitative estimate of drug-likeness (QED) is 0.905. The van der Waals surface area contributed by atoms with E-state index in [4.69, 9.17) is 0 Å². The first-order chi connectivity index (χ1) is 9.12. The maximum absolute atomic E-state index is 11.2. The number of anilines is 1. The topological polar surface area (TPSA) is 53.4 Å². The Bertz CT molecular complexity index is 445. The number of carboxylic acids is 1. The minimum absolute atomic E-state index is 0.308. The summed E-state index contributed by atoms with van der Waals surface area (Å²) in [7, 11) is 0. The molecule has 1 fully saturated rings. The summed E-state index contributed by atoms with van der Waals surface area (Å²) >= 11 is 0. The van der Waals surface area contributed by atoms with Crippen molar-refractivity contribution in [2.45, 2.75) is 39.5 Å². The van der Waals surface area contributed by atoms with Crippen molar-refractivity contribution in [2.24, 2.45) is 5.41 Å². The third kappa shape index (κ3) is 2.72. The lowest BCUT2D eigenvalue weighted by Gasteiger charge is -2.41. The third-order valence-electron chi connectivity index (χ3n) is 4.64.